The highest BCUT2D eigenvalue weighted by Crippen LogP contribution is 2.42. The minimum Gasteiger partial charge on any atom is -0.379 e. The maximum absolute atomic E-state index is 14.9. The van der Waals surface area contributed by atoms with Gasteiger partial charge in [0.25, 0.3) is 0 Å². The van der Waals surface area contributed by atoms with Crippen LogP contribution >= 0.6 is 24.4 Å². The molecule has 3 aromatic carbocycles. The van der Waals surface area contributed by atoms with Crippen molar-refractivity contribution in [3.63, 3.8) is 0 Å². The summed E-state index contributed by atoms with van der Waals surface area (Å²) < 4.78 is 58.1. The summed E-state index contributed by atoms with van der Waals surface area (Å²) in [5.74, 6) is 0. The van der Waals surface area contributed by atoms with Crippen molar-refractivity contribution in [1.82, 2.24) is 13.7 Å². The fraction of sp³-hybridized carbons (Fsp3) is 0.588. The van der Waals surface area contributed by atoms with Crippen LogP contribution in [-0.4, -0.2) is 111 Å². The van der Waals surface area contributed by atoms with Crippen molar-refractivity contribution in [3.05, 3.63) is 122 Å². The van der Waals surface area contributed by atoms with Crippen LogP contribution in [0.3, 0.4) is 0 Å². The van der Waals surface area contributed by atoms with Gasteiger partial charge in [-0.3, -0.25) is 0 Å². The normalized spacial score (nSPS) is 14.3. The van der Waals surface area contributed by atoms with Crippen molar-refractivity contribution in [3.8, 4) is 0 Å². The van der Waals surface area contributed by atoms with E-state index in [0.717, 1.165) is 68.1 Å². The van der Waals surface area contributed by atoms with Crippen molar-refractivity contribution in [2.75, 3.05) is 97.8 Å². The molecule has 0 aliphatic carbocycles. The second-order valence-electron chi connectivity index (χ2n) is 16.1. The molecule has 15 nitrogen and oxygen atoms in total. The Bertz CT molecular complexity index is 1850. The quantitative estimate of drug-likeness (QED) is 0.0312. The monoisotopic (exact) mass is 1020 g/mol. The van der Waals surface area contributed by atoms with E-state index in [1.807, 2.05) is 91.0 Å². The van der Waals surface area contributed by atoms with E-state index in [4.69, 9.17) is 42.0 Å². The van der Waals surface area contributed by atoms with Gasteiger partial charge in [0.2, 0.25) is 0 Å². The molecule has 0 N–H and O–H groups in total. The first-order chi connectivity index (χ1) is 33.7. The third-order valence-electron chi connectivity index (χ3n) is 10.7. The molecule has 18 heteroatoms. The SMILES string of the molecule is CCCCOCCOCCP(OC(C)n1c(=O)n(C(C)OP(CCOCCOCCCC)c2ccccc2)c(=O)n(C(C)OP(CCOCCOCCCC)c2ccccc2)c1=O)c1ccccc1. The number of nitrogens with zero attached hydrogens (tertiary/aromatic N) is 3. The van der Waals surface area contributed by atoms with Crippen LogP contribution in [0.2, 0.25) is 0 Å². The Hall–Kier alpha value is -3.00. The second-order valence-corrected chi connectivity index (χ2v) is 21.9. The Morgan fingerprint density at radius 1 is 0.362 bits per heavy atom. The van der Waals surface area contributed by atoms with Gasteiger partial charge in [-0.05, 0) is 40.0 Å². The molecule has 0 bridgehead atoms. The smallest absolute Gasteiger partial charge is 0.340 e. The van der Waals surface area contributed by atoms with Gasteiger partial charge in [-0.15, -0.1) is 0 Å². The molecule has 384 valence electrons. The molecule has 0 saturated heterocycles. The largest absolute Gasteiger partial charge is 0.379 e. The van der Waals surface area contributed by atoms with Crippen LogP contribution in [0.15, 0.2) is 105 Å². The van der Waals surface area contributed by atoms with Gasteiger partial charge in [0.05, 0.1) is 83.9 Å². The minimum absolute atomic E-state index is 0.371. The average molecular weight is 1020 g/mol. The summed E-state index contributed by atoms with van der Waals surface area (Å²) in [4.78, 5) is 44.6. The highest BCUT2D eigenvalue weighted by atomic mass is 31.1. The molecule has 0 radical (unpaired) electrons. The summed E-state index contributed by atoms with van der Waals surface area (Å²) in [5, 5.41) is 2.72. The molecule has 0 spiro atoms. The fourth-order valence-electron chi connectivity index (χ4n) is 6.88. The zero-order valence-electron chi connectivity index (χ0n) is 41.8. The molecular weight excluding hydrogens is 939 g/mol. The zero-order chi connectivity index (χ0) is 49.5. The van der Waals surface area contributed by atoms with Gasteiger partial charge in [-0.2, -0.15) is 0 Å². The van der Waals surface area contributed by atoms with E-state index in [2.05, 4.69) is 20.8 Å². The first-order valence-corrected chi connectivity index (χ1v) is 29.0. The predicted molar refractivity (Wildman–Crippen MR) is 280 cm³/mol. The van der Waals surface area contributed by atoms with E-state index in [1.54, 1.807) is 20.8 Å². The number of rotatable bonds is 39. The van der Waals surface area contributed by atoms with Crippen LogP contribution in [0.1, 0.15) is 98.8 Å². The molecule has 1 aromatic heterocycles. The Morgan fingerprint density at radius 3 is 0.826 bits per heavy atom. The summed E-state index contributed by atoms with van der Waals surface area (Å²) in [7, 11) is -4.24. The maximum Gasteiger partial charge on any atom is 0.340 e. The zero-order valence-corrected chi connectivity index (χ0v) is 44.5. The number of hydrogen-bond donors (Lipinski definition) is 0. The molecule has 0 aliphatic rings. The molecule has 4 rings (SSSR count). The highest BCUT2D eigenvalue weighted by molar-refractivity contribution is 7.61. The third-order valence-corrected chi connectivity index (χ3v) is 16.7. The maximum atomic E-state index is 14.9. The first-order valence-electron chi connectivity index (χ1n) is 24.7. The third kappa shape index (κ3) is 20.9. The van der Waals surface area contributed by atoms with Crippen LogP contribution in [0.5, 0.6) is 0 Å². The Morgan fingerprint density at radius 2 is 0.594 bits per heavy atom. The van der Waals surface area contributed by atoms with E-state index < -0.39 is 60.2 Å². The summed E-state index contributed by atoms with van der Waals surface area (Å²) >= 11 is 0. The van der Waals surface area contributed by atoms with E-state index in [9.17, 15) is 14.4 Å². The number of benzene rings is 3. The lowest BCUT2D eigenvalue weighted by Gasteiger charge is -2.29. The molecule has 0 saturated carbocycles. The highest BCUT2D eigenvalue weighted by Gasteiger charge is 2.30. The van der Waals surface area contributed by atoms with Gasteiger partial charge in [-0.25, -0.2) is 28.1 Å². The van der Waals surface area contributed by atoms with Gasteiger partial charge in [-0.1, -0.05) is 131 Å². The fourth-order valence-corrected chi connectivity index (χ4v) is 12.1. The Balaban J connectivity index is 1.69. The second kappa shape index (κ2) is 35.2. The van der Waals surface area contributed by atoms with Crippen molar-refractivity contribution < 1.29 is 42.0 Å². The molecule has 0 amide bonds. The lowest BCUT2D eigenvalue weighted by molar-refractivity contribution is 0.0509. The first kappa shape index (κ1) is 58.6. The van der Waals surface area contributed by atoms with Crippen molar-refractivity contribution in [2.24, 2.45) is 0 Å². The molecule has 6 atom stereocenters. The number of ether oxygens (including phenoxy) is 6. The predicted octanol–water partition coefficient (Wildman–Crippen LogP) is 8.44. The van der Waals surface area contributed by atoms with Gasteiger partial charge in [0.15, 0.2) is 0 Å². The van der Waals surface area contributed by atoms with E-state index >= 15 is 0 Å². The summed E-state index contributed by atoms with van der Waals surface area (Å²) in [6.45, 7) is 17.2. The van der Waals surface area contributed by atoms with Crippen LogP contribution in [0, 0.1) is 0 Å². The van der Waals surface area contributed by atoms with Crippen molar-refractivity contribution >= 4 is 40.4 Å². The van der Waals surface area contributed by atoms with E-state index in [1.165, 1.54) is 0 Å². The van der Waals surface area contributed by atoms with E-state index in [0.29, 0.717) is 97.8 Å². The lowest BCUT2D eigenvalue weighted by atomic mass is 10.4. The Labute approximate surface area is 413 Å². The van der Waals surface area contributed by atoms with Crippen molar-refractivity contribution in [1.29, 1.82) is 0 Å². The number of unbranched alkanes of at least 4 members (excludes halogenated alkanes) is 3. The van der Waals surface area contributed by atoms with Gasteiger partial charge < -0.3 is 42.0 Å². The molecule has 69 heavy (non-hydrogen) atoms. The molecular formula is C51H78N3O12P3. The summed E-state index contributed by atoms with van der Waals surface area (Å²) in [6.07, 6.45) is 4.28. The topological polar surface area (TPSA) is 149 Å². The van der Waals surface area contributed by atoms with Gasteiger partial charge in [0, 0.05) is 54.2 Å². The van der Waals surface area contributed by atoms with Gasteiger partial charge in [0.1, 0.15) is 18.7 Å². The number of aromatic nitrogens is 3. The molecule has 0 aliphatic heterocycles. The standard InChI is InChI=1S/C51H78N3O12P3/c1-7-10-28-58-31-34-61-37-40-67(46-22-16-13-17-23-46)64-43(4)52-49(55)53(44(5)65-68(47-24-18-14-19-25-47)41-38-62-35-32-59-29-11-8-2)51(57)54(50(52)56)45(6)66-69(48-26-20-15-21-27-48)42-39-63-36-33-60-30-12-9-3/h13-27,43-45H,7-12,28-42H2,1-6H3. The summed E-state index contributed by atoms with van der Waals surface area (Å²) in [6, 6.07) is 29.1. The van der Waals surface area contributed by atoms with E-state index in [-0.39, 0.29) is 0 Å². The molecule has 6 unspecified atom stereocenters. The molecule has 1 heterocycles. The van der Waals surface area contributed by atoms with Crippen LogP contribution in [0.4, 0.5) is 0 Å². The van der Waals surface area contributed by atoms with Crippen molar-refractivity contribution in [2.45, 2.75) is 98.8 Å². The molecule has 0 fully saturated rings. The van der Waals surface area contributed by atoms with Gasteiger partial charge >= 0.3 is 17.1 Å². The number of hydrogen-bond acceptors (Lipinski definition) is 12. The minimum atomic E-state index is -1.41. The lowest BCUT2D eigenvalue weighted by Crippen LogP contribution is -2.57. The average Bonchev–Trinajstić information content (AvgIpc) is 3.36. The Kier molecular flexibility index (Phi) is 29.9. The molecule has 4 aromatic rings. The van der Waals surface area contributed by atoms with Crippen LogP contribution in [0.25, 0.3) is 0 Å². The van der Waals surface area contributed by atoms with Crippen LogP contribution in [-0.2, 0) is 42.0 Å². The summed E-state index contributed by atoms with van der Waals surface area (Å²) in [5.41, 5.74) is -2.58. The van der Waals surface area contributed by atoms with Crippen LogP contribution < -0.4 is 33.0 Å².